The van der Waals surface area contributed by atoms with Gasteiger partial charge in [0.2, 0.25) is 0 Å². The lowest BCUT2D eigenvalue weighted by Gasteiger charge is -2.21. The van der Waals surface area contributed by atoms with Crippen LogP contribution >= 0.6 is 0 Å². The summed E-state index contributed by atoms with van der Waals surface area (Å²) in [6, 6.07) is 15.3. The fourth-order valence-corrected chi connectivity index (χ4v) is 2.49. The Morgan fingerprint density at radius 3 is 2.08 bits per heavy atom. The zero-order chi connectivity index (χ0) is 17.6. The van der Waals surface area contributed by atoms with Crippen molar-refractivity contribution >= 4 is 0 Å². The largest absolute Gasteiger partial charge is 0.491 e. The number of fused-ring (bicyclic) bond motifs is 1. The standard InChI is InChI=1S/C21H24O4/c1-4-15(2)23-17-9-11-18(12-10-17)24-16(3)13-19-14-22-20-7-5-6-8-21(20)25-19/h5-12,14-16H,4,13H2,1-3H3. The molecule has 2 atom stereocenters. The number of benzene rings is 2. The first kappa shape index (κ1) is 17.2. The Hall–Kier alpha value is -2.62. The highest BCUT2D eigenvalue weighted by molar-refractivity contribution is 5.42. The molecule has 0 N–H and O–H groups in total. The van der Waals surface area contributed by atoms with Crippen LogP contribution < -0.4 is 18.9 Å². The van der Waals surface area contributed by atoms with Gasteiger partial charge >= 0.3 is 0 Å². The van der Waals surface area contributed by atoms with E-state index in [1.807, 2.05) is 55.5 Å². The molecule has 25 heavy (non-hydrogen) atoms. The van der Waals surface area contributed by atoms with Crippen LogP contribution in [-0.2, 0) is 0 Å². The average molecular weight is 340 g/mol. The SMILES string of the molecule is CCC(C)Oc1ccc(OC(C)CC2=COc3ccccc3O2)cc1. The molecule has 2 unspecified atom stereocenters. The second-order valence-electron chi connectivity index (χ2n) is 6.19. The molecular formula is C21H24O4. The summed E-state index contributed by atoms with van der Waals surface area (Å²) in [6.45, 7) is 6.17. The molecule has 0 aliphatic carbocycles. The Morgan fingerprint density at radius 2 is 1.44 bits per heavy atom. The van der Waals surface area contributed by atoms with Crippen molar-refractivity contribution in [2.24, 2.45) is 0 Å². The van der Waals surface area contributed by atoms with Crippen LogP contribution in [0.5, 0.6) is 23.0 Å². The van der Waals surface area contributed by atoms with Gasteiger partial charge in [0.05, 0.1) is 6.10 Å². The van der Waals surface area contributed by atoms with Crippen LogP contribution in [0, 0.1) is 0 Å². The summed E-state index contributed by atoms with van der Waals surface area (Å²) >= 11 is 0. The number of rotatable bonds is 7. The highest BCUT2D eigenvalue weighted by atomic mass is 16.6. The Morgan fingerprint density at radius 1 is 0.840 bits per heavy atom. The monoisotopic (exact) mass is 340 g/mol. The highest BCUT2D eigenvalue weighted by Crippen LogP contribution is 2.33. The second-order valence-corrected chi connectivity index (χ2v) is 6.19. The third kappa shape index (κ3) is 4.69. The summed E-state index contributed by atoms with van der Waals surface area (Å²) in [4.78, 5) is 0. The third-order valence-corrected chi connectivity index (χ3v) is 3.97. The predicted octanol–water partition coefficient (Wildman–Crippen LogP) is 5.33. The van der Waals surface area contributed by atoms with Crippen molar-refractivity contribution < 1.29 is 18.9 Å². The molecule has 1 aliphatic heterocycles. The van der Waals surface area contributed by atoms with E-state index in [9.17, 15) is 0 Å². The summed E-state index contributed by atoms with van der Waals surface area (Å²) in [5.74, 6) is 3.89. The summed E-state index contributed by atoms with van der Waals surface area (Å²) in [5, 5.41) is 0. The van der Waals surface area contributed by atoms with Crippen LogP contribution in [-0.4, -0.2) is 12.2 Å². The maximum Gasteiger partial charge on any atom is 0.169 e. The number of para-hydroxylation sites is 2. The fraction of sp³-hybridized carbons (Fsp3) is 0.333. The Balaban J connectivity index is 1.53. The van der Waals surface area contributed by atoms with Crippen molar-refractivity contribution in [2.45, 2.75) is 45.8 Å². The van der Waals surface area contributed by atoms with Gasteiger partial charge in [-0.2, -0.15) is 0 Å². The zero-order valence-electron chi connectivity index (χ0n) is 14.9. The van der Waals surface area contributed by atoms with E-state index < -0.39 is 0 Å². The topological polar surface area (TPSA) is 36.9 Å². The van der Waals surface area contributed by atoms with Gasteiger partial charge in [-0.05, 0) is 56.7 Å². The maximum atomic E-state index is 5.96. The molecule has 3 rings (SSSR count). The molecule has 4 heteroatoms. The molecule has 0 bridgehead atoms. The minimum absolute atomic E-state index is 0.0403. The third-order valence-electron chi connectivity index (χ3n) is 3.97. The number of ether oxygens (including phenoxy) is 4. The predicted molar refractivity (Wildman–Crippen MR) is 97.3 cm³/mol. The average Bonchev–Trinajstić information content (AvgIpc) is 2.63. The van der Waals surface area contributed by atoms with Crippen LogP contribution in [0.15, 0.2) is 60.6 Å². The molecule has 0 spiro atoms. The first-order valence-electron chi connectivity index (χ1n) is 8.70. The van der Waals surface area contributed by atoms with Crippen LogP contribution in [0.25, 0.3) is 0 Å². The van der Waals surface area contributed by atoms with Gasteiger partial charge in [0.25, 0.3) is 0 Å². The molecule has 0 aromatic heterocycles. The summed E-state index contributed by atoms with van der Waals surface area (Å²) < 4.78 is 23.2. The van der Waals surface area contributed by atoms with E-state index in [1.165, 1.54) is 0 Å². The van der Waals surface area contributed by atoms with Crippen LogP contribution in [0.3, 0.4) is 0 Å². The van der Waals surface area contributed by atoms with Gasteiger partial charge in [-0.15, -0.1) is 0 Å². The van der Waals surface area contributed by atoms with Gasteiger partial charge in [-0.1, -0.05) is 19.1 Å². The van der Waals surface area contributed by atoms with E-state index in [0.717, 1.165) is 35.2 Å². The van der Waals surface area contributed by atoms with Crippen molar-refractivity contribution in [1.82, 2.24) is 0 Å². The molecule has 4 nitrogen and oxygen atoms in total. The van der Waals surface area contributed by atoms with Gasteiger partial charge < -0.3 is 18.9 Å². The van der Waals surface area contributed by atoms with Gasteiger partial charge in [-0.25, -0.2) is 0 Å². The molecule has 1 aliphatic rings. The van der Waals surface area contributed by atoms with Crippen molar-refractivity contribution in [3.05, 3.63) is 60.6 Å². The van der Waals surface area contributed by atoms with Crippen molar-refractivity contribution in [3.8, 4) is 23.0 Å². The molecule has 2 aromatic rings. The Bertz CT molecular complexity index is 721. The minimum Gasteiger partial charge on any atom is -0.491 e. The lowest BCUT2D eigenvalue weighted by atomic mass is 10.2. The number of hydrogen-bond acceptors (Lipinski definition) is 4. The molecule has 1 heterocycles. The van der Waals surface area contributed by atoms with Crippen LogP contribution in [0.2, 0.25) is 0 Å². The van der Waals surface area contributed by atoms with Crippen LogP contribution in [0.1, 0.15) is 33.6 Å². The lowest BCUT2D eigenvalue weighted by molar-refractivity contribution is 0.194. The van der Waals surface area contributed by atoms with E-state index in [2.05, 4.69) is 13.8 Å². The molecule has 132 valence electrons. The zero-order valence-corrected chi connectivity index (χ0v) is 14.9. The van der Waals surface area contributed by atoms with Gasteiger partial charge in [-0.3, -0.25) is 0 Å². The van der Waals surface area contributed by atoms with E-state index >= 15 is 0 Å². The molecular weight excluding hydrogens is 316 g/mol. The fourth-order valence-electron chi connectivity index (χ4n) is 2.49. The molecule has 0 saturated carbocycles. The second kappa shape index (κ2) is 7.97. The van der Waals surface area contributed by atoms with E-state index in [1.54, 1.807) is 6.26 Å². The van der Waals surface area contributed by atoms with Crippen LogP contribution in [0.4, 0.5) is 0 Å². The maximum absolute atomic E-state index is 5.96. The number of hydrogen-bond donors (Lipinski definition) is 0. The van der Waals surface area contributed by atoms with E-state index in [0.29, 0.717) is 6.42 Å². The molecule has 0 saturated heterocycles. The first-order valence-corrected chi connectivity index (χ1v) is 8.70. The van der Waals surface area contributed by atoms with E-state index in [-0.39, 0.29) is 12.2 Å². The molecule has 0 amide bonds. The molecule has 0 radical (unpaired) electrons. The van der Waals surface area contributed by atoms with Crippen molar-refractivity contribution in [2.75, 3.05) is 0 Å². The summed E-state index contributed by atoms with van der Waals surface area (Å²) in [6.07, 6.45) is 3.42. The summed E-state index contributed by atoms with van der Waals surface area (Å²) in [5.41, 5.74) is 0. The highest BCUT2D eigenvalue weighted by Gasteiger charge is 2.16. The van der Waals surface area contributed by atoms with Gasteiger partial charge in [0.1, 0.15) is 29.6 Å². The first-order chi connectivity index (χ1) is 12.1. The van der Waals surface area contributed by atoms with E-state index in [4.69, 9.17) is 18.9 Å². The van der Waals surface area contributed by atoms with Crippen molar-refractivity contribution in [3.63, 3.8) is 0 Å². The Kier molecular flexibility index (Phi) is 5.49. The molecule has 2 aromatic carbocycles. The summed E-state index contributed by atoms with van der Waals surface area (Å²) in [7, 11) is 0. The smallest absolute Gasteiger partial charge is 0.169 e. The molecule has 0 fully saturated rings. The quantitative estimate of drug-likeness (QED) is 0.682. The van der Waals surface area contributed by atoms with Crippen molar-refractivity contribution in [1.29, 1.82) is 0 Å². The van der Waals surface area contributed by atoms with Gasteiger partial charge in [0, 0.05) is 6.42 Å². The van der Waals surface area contributed by atoms with Gasteiger partial charge in [0.15, 0.2) is 11.5 Å². The lowest BCUT2D eigenvalue weighted by Crippen LogP contribution is -2.16. The Labute approximate surface area is 149 Å². The normalized spacial score (nSPS) is 15.1. The minimum atomic E-state index is -0.0403.